The van der Waals surface area contributed by atoms with E-state index in [2.05, 4.69) is 10.1 Å². The molecule has 0 saturated carbocycles. The van der Waals surface area contributed by atoms with Crippen molar-refractivity contribution in [2.24, 2.45) is 0 Å². The Morgan fingerprint density at radius 2 is 2.00 bits per heavy atom. The molecule has 9 heteroatoms. The molecule has 0 aliphatic heterocycles. The second-order valence-electron chi connectivity index (χ2n) is 5.50. The molecular weight excluding hydrogens is 332 g/mol. The summed E-state index contributed by atoms with van der Waals surface area (Å²) in [5.41, 5.74) is 1.53. The summed E-state index contributed by atoms with van der Waals surface area (Å²) in [6.45, 7) is 3.60. The summed E-state index contributed by atoms with van der Waals surface area (Å²) in [5.74, 6) is 0.313. The zero-order chi connectivity index (χ0) is 17.9. The molecule has 0 saturated heterocycles. The van der Waals surface area contributed by atoms with Crippen LogP contribution < -0.4 is 0 Å². The van der Waals surface area contributed by atoms with Crippen LogP contribution in [-0.4, -0.2) is 54.3 Å². The Labute approximate surface area is 141 Å². The molecule has 2 heterocycles. The third kappa shape index (κ3) is 3.80. The van der Waals surface area contributed by atoms with Crippen molar-refractivity contribution in [2.75, 3.05) is 20.6 Å². The molecule has 0 aliphatic carbocycles. The number of likely N-dealkylation sites (N-methyl/N-ethyl adjacent to an activating group) is 2. The lowest BCUT2D eigenvalue weighted by molar-refractivity contribution is -0.130. The van der Waals surface area contributed by atoms with Gasteiger partial charge in [-0.2, -0.15) is 4.31 Å². The van der Waals surface area contributed by atoms with E-state index in [1.807, 2.05) is 0 Å². The van der Waals surface area contributed by atoms with E-state index >= 15 is 0 Å². The summed E-state index contributed by atoms with van der Waals surface area (Å²) < 4.78 is 30.9. The van der Waals surface area contributed by atoms with Crippen LogP contribution in [0.15, 0.2) is 33.9 Å². The van der Waals surface area contributed by atoms with E-state index in [1.165, 1.54) is 36.5 Å². The summed E-state index contributed by atoms with van der Waals surface area (Å²) >= 11 is 0. The van der Waals surface area contributed by atoms with Crippen molar-refractivity contribution in [3.8, 4) is 0 Å². The molecule has 0 unspecified atom stereocenters. The van der Waals surface area contributed by atoms with Gasteiger partial charge >= 0.3 is 0 Å². The van der Waals surface area contributed by atoms with Gasteiger partial charge in [0.15, 0.2) is 0 Å². The Kier molecular flexibility index (Phi) is 5.35. The number of aryl methyl sites for hydroxylation is 2. The monoisotopic (exact) mass is 352 g/mol. The first-order valence-electron chi connectivity index (χ1n) is 7.25. The first-order chi connectivity index (χ1) is 11.2. The minimum atomic E-state index is -3.75. The molecule has 2 rings (SSSR count). The number of hydrogen-bond acceptors (Lipinski definition) is 6. The van der Waals surface area contributed by atoms with Gasteiger partial charge in [0.1, 0.15) is 10.7 Å². The number of pyridine rings is 1. The van der Waals surface area contributed by atoms with Crippen molar-refractivity contribution in [3.05, 3.63) is 41.5 Å². The smallest absolute Gasteiger partial charge is 0.244 e. The maximum Gasteiger partial charge on any atom is 0.244 e. The number of nitrogens with zero attached hydrogens (tertiary/aromatic N) is 4. The Morgan fingerprint density at radius 1 is 1.29 bits per heavy atom. The molecule has 0 N–H and O–H groups in total. The quantitative estimate of drug-likeness (QED) is 0.768. The minimum absolute atomic E-state index is 0.0497. The van der Waals surface area contributed by atoms with Crippen LogP contribution in [0.3, 0.4) is 0 Å². The minimum Gasteiger partial charge on any atom is -0.361 e. The predicted octanol–water partition coefficient (Wildman–Crippen LogP) is 0.966. The van der Waals surface area contributed by atoms with Crippen molar-refractivity contribution in [1.82, 2.24) is 19.3 Å². The molecule has 130 valence electrons. The van der Waals surface area contributed by atoms with Crippen molar-refractivity contribution >= 4 is 15.9 Å². The van der Waals surface area contributed by atoms with Crippen LogP contribution in [0.4, 0.5) is 0 Å². The molecule has 0 radical (unpaired) electrons. The first kappa shape index (κ1) is 18.1. The molecule has 2 aromatic heterocycles. The van der Waals surface area contributed by atoms with Crippen LogP contribution >= 0.6 is 0 Å². The number of carbonyl (C=O) groups excluding carboxylic acids is 1. The largest absolute Gasteiger partial charge is 0.361 e. The molecule has 0 aliphatic rings. The predicted molar refractivity (Wildman–Crippen MR) is 86.5 cm³/mol. The zero-order valence-corrected chi connectivity index (χ0v) is 14.9. The zero-order valence-electron chi connectivity index (χ0n) is 14.1. The highest BCUT2D eigenvalue weighted by atomic mass is 32.2. The number of aromatic nitrogens is 2. The summed E-state index contributed by atoms with van der Waals surface area (Å²) in [7, 11) is -0.779. The molecule has 8 nitrogen and oxygen atoms in total. The fourth-order valence-electron chi connectivity index (χ4n) is 2.13. The van der Waals surface area contributed by atoms with E-state index in [0.717, 1.165) is 9.87 Å². The van der Waals surface area contributed by atoms with E-state index in [1.54, 1.807) is 20.9 Å². The summed E-state index contributed by atoms with van der Waals surface area (Å²) in [6, 6.07) is 2.98. The van der Waals surface area contributed by atoms with Gasteiger partial charge in [-0.1, -0.05) is 5.16 Å². The molecule has 0 fully saturated rings. The number of rotatable bonds is 6. The van der Waals surface area contributed by atoms with Gasteiger partial charge in [-0.25, -0.2) is 8.42 Å². The second-order valence-corrected chi connectivity index (χ2v) is 7.55. The summed E-state index contributed by atoms with van der Waals surface area (Å²) in [4.78, 5) is 17.6. The molecule has 0 atom stereocenters. The van der Waals surface area contributed by atoms with E-state index in [9.17, 15) is 13.2 Å². The molecule has 0 spiro atoms. The fourth-order valence-corrected chi connectivity index (χ4v) is 3.21. The van der Waals surface area contributed by atoms with Crippen LogP contribution in [0.1, 0.15) is 17.0 Å². The number of carbonyl (C=O) groups is 1. The third-order valence-electron chi connectivity index (χ3n) is 3.70. The second kappa shape index (κ2) is 7.10. The molecule has 0 bridgehead atoms. The standard InChI is InChI=1S/C15H20N4O4S/c1-11-14(12(2)23-17-11)9-18(3)15(20)10-19(4)24(21,22)13-6-5-7-16-8-13/h5-8H,9-10H2,1-4H3. The normalized spacial score (nSPS) is 11.7. The van der Waals surface area contributed by atoms with Crippen LogP contribution in [-0.2, 0) is 21.4 Å². The van der Waals surface area contributed by atoms with E-state index in [0.29, 0.717) is 18.0 Å². The van der Waals surface area contributed by atoms with Crippen LogP contribution in [0.5, 0.6) is 0 Å². The third-order valence-corrected chi connectivity index (χ3v) is 5.49. The van der Waals surface area contributed by atoms with Crippen LogP contribution in [0, 0.1) is 13.8 Å². The topological polar surface area (TPSA) is 96.6 Å². The highest BCUT2D eigenvalue weighted by Gasteiger charge is 2.25. The summed E-state index contributed by atoms with van der Waals surface area (Å²) in [5, 5.41) is 3.84. The number of amides is 1. The van der Waals surface area contributed by atoms with Crippen molar-refractivity contribution < 1.29 is 17.7 Å². The Morgan fingerprint density at radius 3 is 2.54 bits per heavy atom. The lowest BCUT2D eigenvalue weighted by atomic mass is 10.2. The molecule has 2 aromatic rings. The van der Waals surface area contributed by atoms with Crippen molar-refractivity contribution in [1.29, 1.82) is 0 Å². The van der Waals surface area contributed by atoms with Gasteiger partial charge in [0, 0.05) is 32.1 Å². The van der Waals surface area contributed by atoms with Gasteiger partial charge in [0.25, 0.3) is 0 Å². The molecule has 0 aromatic carbocycles. The number of sulfonamides is 1. The van der Waals surface area contributed by atoms with Crippen molar-refractivity contribution in [3.63, 3.8) is 0 Å². The maximum atomic E-state index is 12.4. The van der Waals surface area contributed by atoms with E-state index < -0.39 is 10.0 Å². The Balaban J connectivity index is 2.06. The molecule has 1 amide bonds. The maximum absolute atomic E-state index is 12.4. The van der Waals surface area contributed by atoms with E-state index in [-0.39, 0.29) is 17.3 Å². The van der Waals surface area contributed by atoms with Gasteiger partial charge in [-0.3, -0.25) is 9.78 Å². The first-order valence-corrected chi connectivity index (χ1v) is 8.69. The highest BCUT2D eigenvalue weighted by molar-refractivity contribution is 7.89. The van der Waals surface area contributed by atoms with Gasteiger partial charge in [-0.15, -0.1) is 0 Å². The van der Waals surface area contributed by atoms with Gasteiger partial charge < -0.3 is 9.42 Å². The van der Waals surface area contributed by atoms with E-state index in [4.69, 9.17) is 4.52 Å². The molecule has 24 heavy (non-hydrogen) atoms. The van der Waals surface area contributed by atoms with Crippen molar-refractivity contribution in [2.45, 2.75) is 25.3 Å². The van der Waals surface area contributed by atoms with Gasteiger partial charge in [0.05, 0.1) is 18.8 Å². The Bertz CT molecular complexity index is 798. The lowest BCUT2D eigenvalue weighted by Gasteiger charge is -2.21. The number of hydrogen-bond donors (Lipinski definition) is 0. The lowest BCUT2D eigenvalue weighted by Crippen LogP contribution is -2.39. The van der Waals surface area contributed by atoms with Crippen LogP contribution in [0.25, 0.3) is 0 Å². The summed E-state index contributed by atoms with van der Waals surface area (Å²) in [6.07, 6.45) is 2.74. The van der Waals surface area contributed by atoms with Crippen LogP contribution in [0.2, 0.25) is 0 Å². The highest BCUT2D eigenvalue weighted by Crippen LogP contribution is 2.15. The van der Waals surface area contributed by atoms with Gasteiger partial charge in [-0.05, 0) is 26.0 Å². The van der Waals surface area contributed by atoms with Gasteiger partial charge in [0.2, 0.25) is 15.9 Å². The average molecular weight is 352 g/mol. The fraction of sp³-hybridized carbons (Fsp3) is 0.400. The average Bonchev–Trinajstić information content (AvgIpc) is 2.87. The SMILES string of the molecule is Cc1noc(C)c1CN(C)C(=O)CN(C)S(=O)(=O)c1cccnc1. The molecular formula is C15H20N4O4S. The Hall–Kier alpha value is -2.26.